The summed E-state index contributed by atoms with van der Waals surface area (Å²) in [4.78, 5) is 12.8. The molecular weight excluding hydrogens is 178 g/mol. The van der Waals surface area contributed by atoms with Crippen molar-refractivity contribution in [1.82, 2.24) is 4.90 Å². The summed E-state index contributed by atoms with van der Waals surface area (Å²) in [6.45, 7) is 6.24. The van der Waals surface area contributed by atoms with E-state index in [0.717, 1.165) is 6.54 Å². The molecule has 1 saturated heterocycles. The van der Waals surface area contributed by atoms with Crippen molar-refractivity contribution >= 4 is 5.97 Å². The molecule has 0 amide bonds. The molecule has 0 spiro atoms. The van der Waals surface area contributed by atoms with Gasteiger partial charge in [-0.05, 0) is 25.7 Å². The van der Waals surface area contributed by atoms with Crippen LogP contribution >= 0.6 is 0 Å². The molecule has 0 bridgehead atoms. The highest BCUT2D eigenvalue weighted by atomic mass is 16.4. The molecule has 1 heterocycles. The Hall–Kier alpha value is -0.570. The fourth-order valence-electron chi connectivity index (χ4n) is 2.17. The van der Waals surface area contributed by atoms with Crippen LogP contribution < -0.4 is 0 Å². The first-order valence-electron chi connectivity index (χ1n) is 5.55. The Labute approximate surface area is 86.1 Å². The van der Waals surface area contributed by atoms with Crippen LogP contribution in [-0.4, -0.2) is 35.1 Å². The lowest BCUT2D eigenvalue weighted by Crippen LogP contribution is -2.36. The Bertz CT molecular complexity index is 194. The van der Waals surface area contributed by atoms with Crippen molar-refractivity contribution in [3.05, 3.63) is 0 Å². The fraction of sp³-hybridized carbons (Fsp3) is 0.909. The van der Waals surface area contributed by atoms with Gasteiger partial charge in [-0.2, -0.15) is 0 Å². The smallest absolute Gasteiger partial charge is 0.304 e. The molecule has 0 aromatic heterocycles. The van der Waals surface area contributed by atoms with E-state index in [9.17, 15) is 4.79 Å². The Kier molecular flexibility index (Phi) is 4.39. The van der Waals surface area contributed by atoms with Gasteiger partial charge in [0.15, 0.2) is 0 Å². The molecule has 1 aliphatic rings. The van der Waals surface area contributed by atoms with Gasteiger partial charge in [0.2, 0.25) is 0 Å². The number of likely N-dealkylation sites (tertiary alicyclic amines) is 1. The molecule has 3 nitrogen and oxygen atoms in total. The van der Waals surface area contributed by atoms with Crippen LogP contribution in [0.1, 0.15) is 39.5 Å². The van der Waals surface area contributed by atoms with Gasteiger partial charge in [0.05, 0.1) is 6.42 Å². The van der Waals surface area contributed by atoms with Gasteiger partial charge in [0, 0.05) is 19.1 Å². The second-order valence-corrected chi connectivity index (χ2v) is 4.52. The summed E-state index contributed by atoms with van der Waals surface area (Å²) in [6.07, 6.45) is 4.06. The maximum atomic E-state index is 10.5. The minimum atomic E-state index is -0.686. The highest BCUT2D eigenvalue weighted by Gasteiger charge is 2.20. The summed E-state index contributed by atoms with van der Waals surface area (Å²) in [5.74, 6) is 0.0304. The number of hydrogen-bond acceptors (Lipinski definition) is 2. The van der Waals surface area contributed by atoms with E-state index < -0.39 is 5.97 Å². The SMILES string of the molecule is CC1CCCC(C)N(CCC(=O)O)C1. The molecule has 82 valence electrons. The summed E-state index contributed by atoms with van der Waals surface area (Å²) >= 11 is 0. The van der Waals surface area contributed by atoms with Crippen molar-refractivity contribution in [3.63, 3.8) is 0 Å². The average molecular weight is 199 g/mol. The molecule has 1 rings (SSSR count). The Morgan fingerprint density at radius 3 is 2.79 bits per heavy atom. The van der Waals surface area contributed by atoms with Crippen molar-refractivity contribution in [2.75, 3.05) is 13.1 Å². The minimum Gasteiger partial charge on any atom is -0.481 e. The first-order valence-corrected chi connectivity index (χ1v) is 5.55. The molecule has 0 aliphatic carbocycles. The van der Waals surface area contributed by atoms with E-state index in [1.165, 1.54) is 19.3 Å². The zero-order valence-electron chi connectivity index (χ0n) is 9.20. The van der Waals surface area contributed by atoms with Crippen LogP contribution in [0.2, 0.25) is 0 Å². The number of carboxylic acids is 1. The lowest BCUT2D eigenvalue weighted by Gasteiger charge is -2.27. The summed E-state index contributed by atoms with van der Waals surface area (Å²) in [5, 5.41) is 8.64. The maximum Gasteiger partial charge on any atom is 0.304 e. The van der Waals surface area contributed by atoms with Gasteiger partial charge in [0.25, 0.3) is 0 Å². The molecule has 0 aromatic rings. The second kappa shape index (κ2) is 5.35. The van der Waals surface area contributed by atoms with Crippen LogP contribution in [0.25, 0.3) is 0 Å². The summed E-state index contributed by atoms with van der Waals surface area (Å²) in [6, 6.07) is 0.555. The summed E-state index contributed by atoms with van der Waals surface area (Å²) in [7, 11) is 0. The topological polar surface area (TPSA) is 40.5 Å². The highest BCUT2D eigenvalue weighted by Crippen LogP contribution is 2.20. The van der Waals surface area contributed by atoms with Crippen molar-refractivity contribution in [2.24, 2.45) is 5.92 Å². The maximum absolute atomic E-state index is 10.5. The molecule has 0 saturated carbocycles. The Balaban J connectivity index is 2.41. The number of hydrogen-bond donors (Lipinski definition) is 1. The van der Waals surface area contributed by atoms with Crippen LogP contribution in [0.4, 0.5) is 0 Å². The van der Waals surface area contributed by atoms with Gasteiger partial charge in [-0.15, -0.1) is 0 Å². The molecule has 0 radical (unpaired) electrons. The number of nitrogens with zero attached hydrogens (tertiary/aromatic N) is 1. The molecule has 3 heteroatoms. The molecule has 1 N–H and O–H groups in total. The van der Waals surface area contributed by atoms with Crippen molar-refractivity contribution in [2.45, 2.75) is 45.6 Å². The van der Waals surface area contributed by atoms with Gasteiger partial charge in [-0.3, -0.25) is 9.69 Å². The third kappa shape index (κ3) is 3.66. The first-order chi connectivity index (χ1) is 6.59. The third-order valence-electron chi connectivity index (χ3n) is 3.10. The van der Waals surface area contributed by atoms with Crippen LogP contribution in [0, 0.1) is 5.92 Å². The largest absolute Gasteiger partial charge is 0.481 e. The molecule has 14 heavy (non-hydrogen) atoms. The fourth-order valence-corrected chi connectivity index (χ4v) is 2.17. The Morgan fingerprint density at radius 2 is 2.14 bits per heavy atom. The quantitative estimate of drug-likeness (QED) is 0.755. The lowest BCUT2D eigenvalue weighted by molar-refractivity contribution is -0.137. The van der Waals surface area contributed by atoms with E-state index in [1.54, 1.807) is 0 Å². The normalized spacial score (nSPS) is 29.9. The van der Waals surface area contributed by atoms with Gasteiger partial charge in [0.1, 0.15) is 0 Å². The van der Waals surface area contributed by atoms with Crippen LogP contribution in [-0.2, 0) is 4.79 Å². The molecule has 2 unspecified atom stereocenters. The van der Waals surface area contributed by atoms with E-state index in [1.807, 2.05) is 0 Å². The molecule has 1 fully saturated rings. The van der Waals surface area contributed by atoms with Gasteiger partial charge in [-0.1, -0.05) is 13.3 Å². The van der Waals surface area contributed by atoms with E-state index in [2.05, 4.69) is 18.7 Å². The van der Waals surface area contributed by atoms with Gasteiger partial charge in [-0.25, -0.2) is 0 Å². The highest BCUT2D eigenvalue weighted by molar-refractivity contribution is 5.66. The number of carboxylic acid groups (broad SMARTS) is 1. The van der Waals surface area contributed by atoms with E-state index in [4.69, 9.17) is 5.11 Å². The molecule has 0 aromatic carbocycles. The molecule has 2 atom stereocenters. The zero-order chi connectivity index (χ0) is 10.6. The van der Waals surface area contributed by atoms with E-state index in [-0.39, 0.29) is 6.42 Å². The average Bonchev–Trinajstić information content (AvgIpc) is 2.25. The lowest BCUT2D eigenvalue weighted by atomic mass is 10.1. The molecular formula is C11H21NO2. The Morgan fingerprint density at radius 1 is 1.43 bits per heavy atom. The summed E-state index contributed by atoms with van der Waals surface area (Å²) < 4.78 is 0. The van der Waals surface area contributed by atoms with Gasteiger partial charge >= 0.3 is 5.97 Å². The van der Waals surface area contributed by atoms with Crippen LogP contribution in [0.3, 0.4) is 0 Å². The third-order valence-corrected chi connectivity index (χ3v) is 3.10. The van der Waals surface area contributed by atoms with E-state index >= 15 is 0 Å². The predicted octanol–water partition coefficient (Wildman–Crippen LogP) is 1.97. The second-order valence-electron chi connectivity index (χ2n) is 4.52. The standard InChI is InChI=1S/C11H21NO2/c1-9-4-3-5-10(2)12(8-9)7-6-11(13)14/h9-10H,3-8H2,1-2H3,(H,13,14). The first kappa shape index (κ1) is 11.5. The van der Waals surface area contributed by atoms with Gasteiger partial charge < -0.3 is 5.11 Å². The van der Waals surface area contributed by atoms with Crippen LogP contribution in [0.15, 0.2) is 0 Å². The summed E-state index contributed by atoms with van der Waals surface area (Å²) in [5.41, 5.74) is 0. The van der Waals surface area contributed by atoms with Crippen molar-refractivity contribution < 1.29 is 9.90 Å². The van der Waals surface area contributed by atoms with Crippen molar-refractivity contribution in [3.8, 4) is 0 Å². The monoisotopic (exact) mass is 199 g/mol. The number of carbonyl (C=O) groups is 1. The van der Waals surface area contributed by atoms with Crippen molar-refractivity contribution in [1.29, 1.82) is 0 Å². The number of aliphatic carboxylic acids is 1. The number of rotatable bonds is 3. The predicted molar refractivity (Wildman–Crippen MR) is 56.3 cm³/mol. The zero-order valence-corrected chi connectivity index (χ0v) is 9.20. The molecule has 1 aliphatic heterocycles. The van der Waals surface area contributed by atoms with E-state index in [0.29, 0.717) is 18.5 Å². The minimum absolute atomic E-state index is 0.275. The van der Waals surface area contributed by atoms with Crippen LogP contribution in [0.5, 0.6) is 0 Å².